The normalized spacial score (nSPS) is 17.1. The molecule has 22 heavy (non-hydrogen) atoms. The molecule has 1 atom stereocenters. The summed E-state index contributed by atoms with van der Waals surface area (Å²) in [7, 11) is 0. The molecule has 0 saturated carbocycles. The molecule has 2 N–H and O–H groups in total. The van der Waals surface area contributed by atoms with Crippen LogP contribution in [0.3, 0.4) is 0 Å². The molecule has 1 aromatic rings. The number of nitrogens with zero attached hydrogens (tertiary/aromatic N) is 2. The maximum atomic E-state index is 12.2. The lowest BCUT2D eigenvalue weighted by molar-refractivity contribution is -0.117. The third kappa shape index (κ3) is 5.88. The number of aromatic nitrogens is 2. The number of alkyl halides is 2. The van der Waals surface area contributed by atoms with Gasteiger partial charge in [-0.15, -0.1) is 12.4 Å². The van der Waals surface area contributed by atoms with Gasteiger partial charge in [-0.1, -0.05) is 6.92 Å². The van der Waals surface area contributed by atoms with Crippen molar-refractivity contribution in [3.63, 3.8) is 0 Å². The molecule has 1 aromatic heterocycles. The Morgan fingerprint density at radius 1 is 1.50 bits per heavy atom. The van der Waals surface area contributed by atoms with Crippen LogP contribution in [-0.4, -0.2) is 35.2 Å². The van der Waals surface area contributed by atoms with E-state index in [0.717, 1.165) is 30.6 Å². The zero-order valence-electron chi connectivity index (χ0n) is 12.6. The van der Waals surface area contributed by atoms with Crippen LogP contribution in [0.4, 0.5) is 14.5 Å². The zero-order valence-corrected chi connectivity index (χ0v) is 13.4. The van der Waals surface area contributed by atoms with Gasteiger partial charge in [-0.25, -0.2) is 8.78 Å². The Morgan fingerprint density at radius 3 is 2.82 bits per heavy atom. The highest BCUT2D eigenvalue weighted by Gasteiger charge is 2.22. The largest absolute Gasteiger partial charge is 0.323 e. The smallest absolute Gasteiger partial charge is 0.257 e. The van der Waals surface area contributed by atoms with Gasteiger partial charge in [0.15, 0.2) is 0 Å². The van der Waals surface area contributed by atoms with Crippen molar-refractivity contribution in [2.45, 2.75) is 39.2 Å². The Kier molecular flexibility index (Phi) is 7.75. The molecule has 1 amide bonds. The lowest BCUT2D eigenvalue weighted by Gasteiger charge is -2.27. The zero-order chi connectivity index (χ0) is 15.2. The van der Waals surface area contributed by atoms with Crippen molar-refractivity contribution in [1.82, 2.24) is 15.1 Å². The second kappa shape index (κ2) is 9.05. The van der Waals surface area contributed by atoms with E-state index in [1.54, 1.807) is 0 Å². The molecular formula is C14H23ClF2N4O. The van der Waals surface area contributed by atoms with Crippen molar-refractivity contribution < 1.29 is 13.6 Å². The summed E-state index contributed by atoms with van der Waals surface area (Å²) in [6.07, 6.45) is 3.02. The Hall–Kier alpha value is -1.21. The van der Waals surface area contributed by atoms with Gasteiger partial charge in [0.2, 0.25) is 5.91 Å². The van der Waals surface area contributed by atoms with Crippen LogP contribution >= 0.6 is 12.4 Å². The summed E-state index contributed by atoms with van der Waals surface area (Å²) in [6, 6.07) is 0. The second-order valence-electron chi connectivity index (χ2n) is 5.66. The molecule has 1 saturated heterocycles. The number of halogens is 3. The maximum Gasteiger partial charge on any atom is 0.257 e. The quantitative estimate of drug-likeness (QED) is 0.839. The van der Waals surface area contributed by atoms with Gasteiger partial charge < -0.3 is 10.6 Å². The van der Waals surface area contributed by atoms with Crippen LogP contribution in [0.15, 0.2) is 12.4 Å². The van der Waals surface area contributed by atoms with Gasteiger partial charge in [0, 0.05) is 12.6 Å². The molecule has 8 heteroatoms. The van der Waals surface area contributed by atoms with Gasteiger partial charge >= 0.3 is 0 Å². The molecule has 1 unspecified atom stereocenters. The lowest BCUT2D eigenvalue weighted by Crippen LogP contribution is -2.32. The van der Waals surface area contributed by atoms with Gasteiger partial charge in [-0.05, 0) is 37.8 Å². The van der Waals surface area contributed by atoms with E-state index in [0.29, 0.717) is 23.9 Å². The number of carbonyl (C=O) groups is 1. The molecule has 2 heterocycles. The van der Waals surface area contributed by atoms with E-state index in [1.807, 2.05) is 0 Å². The van der Waals surface area contributed by atoms with Crippen LogP contribution in [-0.2, 0) is 11.3 Å². The van der Waals surface area contributed by atoms with Gasteiger partial charge in [0.25, 0.3) is 6.43 Å². The van der Waals surface area contributed by atoms with Crippen LogP contribution in [0.2, 0.25) is 0 Å². The average Bonchev–Trinajstić information content (AvgIpc) is 2.85. The second-order valence-corrected chi connectivity index (χ2v) is 5.66. The van der Waals surface area contributed by atoms with Gasteiger partial charge in [-0.2, -0.15) is 5.10 Å². The van der Waals surface area contributed by atoms with Crippen LogP contribution in [0, 0.1) is 11.8 Å². The molecule has 0 spiro atoms. The highest BCUT2D eigenvalue weighted by atomic mass is 35.5. The monoisotopic (exact) mass is 336 g/mol. The van der Waals surface area contributed by atoms with E-state index in [4.69, 9.17) is 0 Å². The summed E-state index contributed by atoms with van der Waals surface area (Å²) in [5.74, 6) is 0.805. The van der Waals surface area contributed by atoms with Crippen molar-refractivity contribution >= 4 is 24.0 Å². The predicted octanol–water partition coefficient (Wildman–Crippen LogP) is 2.53. The van der Waals surface area contributed by atoms with Gasteiger partial charge in [0.1, 0.15) is 6.54 Å². The highest BCUT2D eigenvalue weighted by Crippen LogP contribution is 2.24. The molecule has 1 aliphatic heterocycles. The molecule has 5 nitrogen and oxygen atoms in total. The summed E-state index contributed by atoms with van der Waals surface area (Å²) in [5, 5.41) is 9.82. The summed E-state index contributed by atoms with van der Waals surface area (Å²) in [5.41, 5.74) is 0.471. The van der Waals surface area contributed by atoms with E-state index in [9.17, 15) is 13.6 Å². The van der Waals surface area contributed by atoms with Crippen LogP contribution in [0.25, 0.3) is 0 Å². The predicted molar refractivity (Wildman–Crippen MR) is 83.5 cm³/mol. The standard InChI is InChI=1S/C14H22F2N4O.ClH/c1-10(11-2-4-17-5-3-11)6-14(21)19-12-7-18-20(8-12)9-13(15)16;/h7-8,10-11,13,17H,2-6,9H2,1H3,(H,19,21);1H. The fraction of sp³-hybridized carbons (Fsp3) is 0.714. The van der Waals surface area contributed by atoms with Crippen molar-refractivity contribution in [3.05, 3.63) is 12.4 Å². The number of carbonyl (C=O) groups excluding carboxylic acids is 1. The molecule has 1 aliphatic rings. The summed E-state index contributed by atoms with van der Waals surface area (Å²) >= 11 is 0. The molecule has 0 aromatic carbocycles. The average molecular weight is 337 g/mol. The lowest BCUT2D eigenvalue weighted by atomic mass is 9.84. The summed E-state index contributed by atoms with van der Waals surface area (Å²) in [6.45, 7) is 3.66. The topological polar surface area (TPSA) is 59.0 Å². The third-order valence-electron chi connectivity index (χ3n) is 3.94. The number of hydrogen-bond donors (Lipinski definition) is 2. The highest BCUT2D eigenvalue weighted by molar-refractivity contribution is 5.90. The number of nitrogens with one attached hydrogen (secondary N) is 2. The fourth-order valence-electron chi connectivity index (χ4n) is 2.75. The third-order valence-corrected chi connectivity index (χ3v) is 3.94. The van der Waals surface area contributed by atoms with E-state index in [-0.39, 0.29) is 18.3 Å². The molecule has 126 valence electrons. The Morgan fingerprint density at radius 2 is 2.18 bits per heavy atom. The van der Waals surface area contributed by atoms with Gasteiger partial charge in [0.05, 0.1) is 11.9 Å². The number of anilines is 1. The molecule has 0 radical (unpaired) electrons. The molecular weight excluding hydrogens is 314 g/mol. The van der Waals surface area contributed by atoms with E-state index in [1.165, 1.54) is 12.4 Å². The van der Waals surface area contributed by atoms with E-state index < -0.39 is 13.0 Å². The Balaban J connectivity index is 0.00000242. The summed E-state index contributed by atoms with van der Waals surface area (Å²) < 4.78 is 25.6. The van der Waals surface area contributed by atoms with E-state index >= 15 is 0 Å². The van der Waals surface area contributed by atoms with Crippen LogP contribution in [0.1, 0.15) is 26.2 Å². The molecule has 2 rings (SSSR count). The first kappa shape index (κ1) is 18.8. The Labute approximate surface area is 135 Å². The minimum Gasteiger partial charge on any atom is -0.323 e. The minimum atomic E-state index is -2.45. The van der Waals surface area contributed by atoms with Crippen molar-refractivity contribution in [2.24, 2.45) is 11.8 Å². The van der Waals surface area contributed by atoms with Crippen molar-refractivity contribution in [3.8, 4) is 0 Å². The molecule has 0 aliphatic carbocycles. The first-order chi connectivity index (χ1) is 10.0. The van der Waals surface area contributed by atoms with Crippen LogP contribution < -0.4 is 10.6 Å². The summed E-state index contributed by atoms with van der Waals surface area (Å²) in [4.78, 5) is 12.0. The minimum absolute atomic E-state index is 0. The maximum absolute atomic E-state index is 12.2. The first-order valence-electron chi connectivity index (χ1n) is 7.35. The van der Waals surface area contributed by atoms with E-state index in [2.05, 4.69) is 22.7 Å². The van der Waals surface area contributed by atoms with Crippen LogP contribution in [0.5, 0.6) is 0 Å². The number of rotatable bonds is 6. The molecule has 0 bridgehead atoms. The fourth-order valence-corrected chi connectivity index (χ4v) is 2.75. The number of amides is 1. The number of hydrogen-bond acceptors (Lipinski definition) is 3. The number of piperidine rings is 1. The first-order valence-corrected chi connectivity index (χ1v) is 7.35. The van der Waals surface area contributed by atoms with Crippen molar-refractivity contribution in [1.29, 1.82) is 0 Å². The van der Waals surface area contributed by atoms with Crippen molar-refractivity contribution in [2.75, 3.05) is 18.4 Å². The SMILES string of the molecule is CC(CC(=O)Nc1cnn(CC(F)F)c1)C1CCNCC1.Cl. The Bertz CT molecular complexity index is 463. The molecule has 1 fully saturated rings. The van der Waals surface area contributed by atoms with Gasteiger partial charge in [-0.3, -0.25) is 9.48 Å².